The minimum absolute atomic E-state index is 0.131. The highest BCUT2D eigenvalue weighted by atomic mass is 19.4. The second-order valence-corrected chi connectivity index (χ2v) is 7.97. The average molecular weight is 439 g/mol. The third-order valence-corrected chi connectivity index (χ3v) is 5.88. The first-order valence-corrected chi connectivity index (χ1v) is 9.92. The minimum atomic E-state index is -5.01. The molecule has 9 heteroatoms. The molecular formula is C22H21F4NO4. The predicted molar refractivity (Wildman–Crippen MR) is 101 cm³/mol. The summed E-state index contributed by atoms with van der Waals surface area (Å²) in [4.78, 5) is 14.3. The number of nitrogens with zero attached hydrogens (tertiary/aromatic N) is 1. The van der Waals surface area contributed by atoms with Crippen molar-refractivity contribution in [3.8, 4) is 5.75 Å². The van der Waals surface area contributed by atoms with Gasteiger partial charge in [-0.05, 0) is 36.1 Å². The number of hydrogen-bond acceptors (Lipinski definition) is 4. The number of alkyl halides is 3. The lowest BCUT2D eigenvalue weighted by Crippen LogP contribution is -2.52. The largest absolute Gasteiger partial charge is 0.573 e. The smallest absolute Gasteiger partial charge is 0.445 e. The summed E-state index contributed by atoms with van der Waals surface area (Å²) in [6, 6.07) is 11.6. The van der Waals surface area contributed by atoms with Gasteiger partial charge in [0.15, 0.2) is 11.6 Å². The number of ether oxygens (including phenoxy) is 2. The number of amides is 1. The van der Waals surface area contributed by atoms with Crippen LogP contribution in [0.4, 0.5) is 22.4 Å². The number of piperidine rings is 1. The molecule has 4 rings (SSSR count). The number of benzene rings is 2. The lowest BCUT2D eigenvalue weighted by atomic mass is 9.80. The van der Waals surface area contributed by atoms with E-state index in [0.29, 0.717) is 12.8 Å². The zero-order valence-corrected chi connectivity index (χ0v) is 16.4. The van der Waals surface area contributed by atoms with Gasteiger partial charge in [0.05, 0.1) is 5.60 Å². The second kappa shape index (κ2) is 8.03. The van der Waals surface area contributed by atoms with E-state index in [-0.39, 0.29) is 37.1 Å². The number of rotatable bonds is 4. The Labute approximate surface area is 176 Å². The van der Waals surface area contributed by atoms with E-state index in [1.54, 1.807) is 4.90 Å². The number of fused-ring (bicyclic) bond motifs is 2. The Hall–Kier alpha value is -2.81. The SMILES string of the molecule is O=C(OCc1ccccc1)N1C2CCC1CC(O)(c1ccc(OC(F)(F)F)c(F)c1)C2. The highest BCUT2D eigenvalue weighted by Gasteiger charge is 2.50. The molecule has 2 aromatic rings. The molecule has 1 amide bonds. The number of aliphatic hydroxyl groups is 1. The summed E-state index contributed by atoms with van der Waals surface area (Å²) < 4.78 is 60.3. The molecule has 2 unspecified atom stereocenters. The van der Waals surface area contributed by atoms with E-state index >= 15 is 0 Å². The molecule has 2 heterocycles. The summed E-state index contributed by atoms with van der Waals surface area (Å²) in [6.07, 6.45) is -3.88. The van der Waals surface area contributed by atoms with Crippen molar-refractivity contribution in [3.63, 3.8) is 0 Å². The minimum Gasteiger partial charge on any atom is -0.445 e. The third kappa shape index (κ3) is 4.61. The first-order chi connectivity index (χ1) is 14.6. The van der Waals surface area contributed by atoms with Crippen molar-refractivity contribution < 1.29 is 36.9 Å². The van der Waals surface area contributed by atoms with Crippen molar-refractivity contribution in [2.45, 2.75) is 56.3 Å². The summed E-state index contributed by atoms with van der Waals surface area (Å²) in [7, 11) is 0. The second-order valence-electron chi connectivity index (χ2n) is 7.97. The highest BCUT2D eigenvalue weighted by Crippen LogP contribution is 2.46. The highest BCUT2D eigenvalue weighted by molar-refractivity contribution is 5.69. The Bertz CT molecular complexity index is 936. The summed E-state index contributed by atoms with van der Waals surface area (Å²) in [5.41, 5.74) is -0.443. The lowest BCUT2D eigenvalue weighted by molar-refractivity contribution is -0.275. The van der Waals surface area contributed by atoms with Crippen LogP contribution in [0.15, 0.2) is 48.5 Å². The number of carbonyl (C=O) groups is 1. The normalized spacial score (nSPS) is 25.4. The molecule has 0 saturated carbocycles. The molecule has 5 nitrogen and oxygen atoms in total. The Morgan fingerprint density at radius 3 is 2.32 bits per heavy atom. The lowest BCUT2D eigenvalue weighted by Gasteiger charge is -2.43. The van der Waals surface area contributed by atoms with Crippen LogP contribution in [0.1, 0.15) is 36.8 Å². The molecule has 31 heavy (non-hydrogen) atoms. The molecule has 0 spiro atoms. The summed E-state index contributed by atoms with van der Waals surface area (Å²) in [6.45, 7) is 0.131. The van der Waals surface area contributed by atoms with E-state index in [1.807, 2.05) is 30.3 Å². The van der Waals surface area contributed by atoms with Gasteiger partial charge in [-0.2, -0.15) is 0 Å². The van der Waals surface area contributed by atoms with Crippen LogP contribution in [0.5, 0.6) is 5.75 Å². The molecule has 0 radical (unpaired) electrons. The standard InChI is InChI=1S/C22H21F4NO4/c23-18-10-15(6-9-19(18)31-22(24,25)26)21(29)11-16-7-8-17(12-21)27(16)20(28)30-13-14-4-2-1-3-5-14/h1-6,9-10,16-17,29H,7-8,11-13H2. The van der Waals surface area contributed by atoms with Crippen LogP contribution in [0.2, 0.25) is 0 Å². The molecule has 2 saturated heterocycles. The molecule has 1 N–H and O–H groups in total. The van der Waals surface area contributed by atoms with Crippen LogP contribution < -0.4 is 4.74 Å². The molecule has 2 aliphatic heterocycles. The molecule has 2 aliphatic rings. The fraction of sp³-hybridized carbons (Fsp3) is 0.409. The van der Waals surface area contributed by atoms with Crippen molar-refractivity contribution in [3.05, 3.63) is 65.5 Å². The van der Waals surface area contributed by atoms with Gasteiger partial charge in [-0.3, -0.25) is 0 Å². The van der Waals surface area contributed by atoms with Crippen LogP contribution >= 0.6 is 0 Å². The maximum atomic E-state index is 14.2. The first-order valence-electron chi connectivity index (χ1n) is 9.92. The molecule has 0 aliphatic carbocycles. The van der Waals surface area contributed by atoms with E-state index in [2.05, 4.69) is 4.74 Å². The van der Waals surface area contributed by atoms with Gasteiger partial charge in [0.2, 0.25) is 0 Å². The molecule has 2 fully saturated rings. The molecule has 2 bridgehead atoms. The zero-order valence-electron chi connectivity index (χ0n) is 16.4. The van der Waals surface area contributed by atoms with Gasteiger partial charge in [-0.15, -0.1) is 13.2 Å². The van der Waals surface area contributed by atoms with Gasteiger partial charge in [-0.25, -0.2) is 9.18 Å². The van der Waals surface area contributed by atoms with Crippen LogP contribution in [-0.2, 0) is 16.9 Å². The molecule has 0 aromatic heterocycles. The summed E-state index contributed by atoms with van der Waals surface area (Å²) >= 11 is 0. The van der Waals surface area contributed by atoms with E-state index < -0.39 is 29.6 Å². The van der Waals surface area contributed by atoms with Gasteiger partial charge < -0.3 is 19.5 Å². The van der Waals surface area contributed by atoms with Crippen LogP contribution in [0.3, 0.4) is 0 Å². The van der Waals surface area contributed by atoms with Crippen LogP contribution in [0.25, 0.3) is 0 Å². The monoisotopic (exact) mass is 439 g/mol. The van der Waals surface area contributed by atoms with Gasteiger partial charge in [0, 0.05) is 24.9 Å². The third-order valence-electron chi connectivity index (χ3n) is 5.88. The van der Waals surface area contributed by atoms with E-state index in [0.717, 1.165) is 17.7 Å². The van der Waals surface area contributed by atoms with Gasteiger partial charge in [-0.1, -0.05) is 36.4 Å². The Balaban J connectivity index is 1.45. The molecule has 2 atom stereocenters. The first kappa shape index (κ1) is 21.4. The summed E-state index contributed by atoms with van der Waals surface area (Å²) in [5, 5.41) is 11.2. The fourth-order valence-electron chi connectivity index (χ4n) is 4.55. The molecule has 166 valence electrons. The maximum Gasteiger partial charge on any atom is 0.573 e. The van der Waals surface area contributed by atoms with Crippen LogP contribution in [0, 0.1) is 5.82 Å². The maximum absolute atomic E-state index is 14.2. The average Bonchev–Trinajstić information content (AvgIpc) is 2.99. The van der Waals surface area contributed by atoms with Crippen molar-refractivity contribution in [1.29, 1.82) is 0 Å². The van der Waals surface area contributed by atoms with Crippen molar-refractivity contribution in [2.75, 3.05) is 0 Å². The Kier molecular flexibility index (Phi) is 5.55. The van der Waals surface area contributed by atoms with Crippen LogP contribution in [-0.4, -0.2) is 34.5 Å². The molecule has 2 aromatic carbocycles. The van der Waals surface area contributed by atoms with Crippen molar-refractivity contribution in [1.82, 2.24) is 4.90 Å². The Morgan fingerprint density at radius 2 is 1.74 bits per heavy atom. The summed E-state index contributed by atoms with van der Waals surface area (Å²) in [5.74, 6) is -2.16. The van der Waals surface area contributed by atoms with E-state index in [1.165, 1.54) is 6.07 Å². The molecular weight excluding hydrogens is 418 g/mol. The number of hydrogen-bond donors (Lipinski definition) is 1. The van der Waals surface area contributed by atoms with Gasteiger partial charge in [0.25, 0.3) is 0 Å². The zero-order chi connectivity index (χ0) is 22.2. The van der Waals surface area contributed by atoms with E-state index in [9.17, 15) is 27.5 Å². The number of halogens is 4. The van der Waals surface area contributed by atoms with Crippen molar-refractivity contribution in [2.24, 2.45) is 0 Å². The van der Waals surface area contributed by atoms with Crippen molar-refractivity contribution >= 4 is 6.09 Å². The quantitative estimate of drug-likeness (QED) is 0.691. The fourth-order valence-corrected chi connectivity index (χ4v) is 4.55. The van der Waals surface area contributed by atoms with Gasteiger partial charge >= 0.3 is 12.5 Å². The predicted octanol–water partition coefficient (Wildman–Crippen LogP) is 4.88. The number of carbonyl (C=O) groups excluding carboxylic acids is 1. The van der Waals surface area contributed by atoms with Gasteiger partial charge in [0.1, 0.15) is 6.61 Å². The van der Waals surface area contributed by atoms with E-state index in [4.69, 9.17) is 4.74 Å². The topological polar surface area (TPSA) is 59.0 Å². The Morgan fingerprint density at radius 1 is 1.10 bits per heavy atom.